The minimum Gasteiger partial charge on any atom is -0.419 e. The Morgan fingerprint density at radius 3 is 2.65 bits per heavy atom. The van der Waals surface area contributed by atoms with Gasteiger partial charge in [-0.05, 0) is 42.8 Å². The monoisotopic (exact) mass is 354 g/mol. The second-order valence-electron chi connectivity index (χ2n) is 6.21. The lowest BCUT2D eigenvalue weighted by atomic mass is 10.2. The maximum atomic E-state index is 13.0. The summed E-state index contributed by atoms with van der Waals surface area (Å²) in [5.41, 5.74) is 0.717. The van der Waals surface area contributed by atoms with Crippen LogP contribution in [0.1, 0.15) is 12.3 Å². The molecule has 0 saturated carbocycles. The van der Waals surface area contributed by atoms with Gasteiger partial charge < -0.3 is 9.32 Å². The topological polar surface area (TPSA) is 71.2 Å². The highest BCUT2D eigenvalue weighted by molar-refractivity contribution is 5.51. The molecule has 0 bridgehead atoms. The lowest BCUT2D eigenvalue weighted by Crippen LogP contribution is -2.31. The van der Waals surface area contributed by atoms with E-state index < -0.39 is 0 Å². The predicted molar refractivity (Wildman–Crippen MR) is 93.8 cm³/mol. The molecule has 26 heavy (non-hydrogen) atoms. The number of anilines is 1. The molecular weight excluding hydrogens is 335 g/mol. The SMILES string of the molecule is Fc1ccc(-c2nnc(CN3CCCN(c4cccnn4)CC3)o2)cc1. The maximum absolute atomic E-state index is 13.0. The van der Waals surface area contributed by atoms with E-state index >= 15 is 0 Å². The fraction of sp³-hybridized carbons (Fsp3) is 0.333. The molecule has 0 N–H and O–H groups in total. The van der Waals surface area contributed by atoms with Gasteiger partial charge in [0.15, 0.2) is 5.82 Å². The van der Waals surface area contributed by atoms with Gasteiger partial charge in [-0.15, -0.1) is 15.3 Å². The van der Waals surface area contributed by atoms with E-state index in [1.807, 2.05) is 12.1 Å². The number of hydrogen-bond acceptors (Lipinski definition) is 7. The van der Waals surface area contributed by atoms with Gasteiger partial charge >= 0.3 is 0 Å². The quantitative estimate of drug-likeness (QED) is 0.712. The van der Waals surface area contributed by atoms with Crippen LogP contribution < -0.4 is 4.90 Å². The number of hydrogen-bond donors (Lipinski definition) is 0. The first kappa shape index (κ1) is 16.6. The lowest BCUT2D eigenvalue weighted by molar-refractivity contribution is 0.256. The molecule has 0 spiro atoms. The van der Waals surface area contributed by atoms with Gasteiger partial charge in [-0.1, -0.05) is 0 Å². The second-order valence-corrected chi connectivity index (χ2v) is 6.21. The fourth-order valence-corrected chi connectivity index (χ4v) is 3.04. The van der Waals surface area contributed by atoms with Gasteiger partial charge in [0.1, 0.15) is 5.82 Å². The zero-order valence-electron chi connectivity index (χ0n) is 14.3. The van der Waals surface area contributed by atoms with Gasteiger partial charge in [0.2, 0.25) is 11.8 Å². The van der Waals surface area contributed by atoms with E-state index in [2.05, 4.69) is 30.2 Å². The third-order valence-electron chi connectivity index (χ3n) is 4.39. The Labute approximate surface area is 150 Å². The summed E-state index contributed by atoms with van der Waals surface area (Å²) in [6.45, 7) is 4.25. The largest absolute Gasteiger partial charge is 0.419 e. The first-order valence-electron chi connectivity index (χ1n) is 8.61. The summed E-state index contributed by atoms with van der Waals surface area (Å²) >= 11 is 0. The van der Waals surface area contributed by atoms with Gasteiger partial charge in [0.05, 0.1) is 6.54 Å². The van der Waals surface area contributed by atoms with E-state index in [0.29, 0.717) is 18.3 Å². The molecule has 8 heteroatoms. The van der Waals surface area contributed by atoms with Gasteiger partial charge in [0.25, 0.3) is 0 Å². The first-order valence-corrected chi connectivity index (χ1v) is 8.61. The summed E-state index contributed by atoms with van der Waals surface area (Å²) in [5, 5.41) is 16.3. The molecule has 1 aliphatic heterocycles. The molecule has 7 nitrogen and oxygen atoms in total. The van der Waals surface area contributed by atoms with Crippen molar-refractivity contribution in [1.29, 1.82) is 0 Å². The highest BCUT2D eigenvalue weighted by Gasteiger charge is 2.18. The number of aromatic nitrogens is 4. The van der Waals surface area contributed by atoms with Crippen LogP contribution in [0.15, 0.2) is 47.0 Å². The van der Waals surface area contributed by atoms with Crippen LogP contribution in [-0.2, 0) is 6.54 Å². The zero-order chi connectivity index (χ0) is 17.8. The van der Waals surface area contributed by atoms with Crippen molar-refractivity contribution in [2.24, 2.45) is 0 Å². The zero-order valence-corrected chi connectivity index (χ0v) is 14.3. The average Bonchev–Trinajstić information content (AvgIpc) is 3.01. The molecule has 0 atom stereocenters. The predicted octanol–water partition coefficient (Wildman–Crippen LogP) is 2.38. The Morgan fingerprint density at radius 2 is 1.85 bits per heavy atom. The minimum absolute atomic E-state index is 0.286. The Kier molecular flexibility index (Phi) is 4.83. The van der Waals surface area contributed by atoms with Crippen LogP contribution in [0.5, 0.6) is 0 Å². The van der Waals surface area contributed by atoms with Crippen molar-refractivity contribution in [3.05, 3.63) is 54.3 Å². The summed E-state index contributed by atoms with van der Waals surface area (Å²) in [5.74, 6) is 1.60. The van der Waals surface area contributed by atoms with E-state index in [0.717, 1.165) is 44.0 Å². The smallest absolute Gasteiger partial charge is 0.247 e. The standard InChI is InChI=1S/C18H19FN6O/c19-15-6-4-14(5-7-15)18-23-22-17(26-18)13-24-9-2-10-25(12-11-24)16-3-1-8-20-21-16/h1,3-8H,2,9-13H2. The van der Waals surface area contributed by atoms with Crippen molar-refractivity contribution < 1.29 is 8.81 Å². The van der Waals surface area contributed by atoms with Crippen LogP contribution >= 0.6 is 0 Å². The molecule has 0 aliphatic carbocycles. The summed E-state index contributed by atoms with van der Waals surface area (Å²) in [6, 6.07) is 9.93. The Morgan fingerprint density at radius 1 is 0.962 bits per heavy atom. The maximum Gasteiger partial charge on any atom is 0.247 e. The molecule has 2 aromatic heterocycles. The van der Waals surface area contributed by atoms with E-state index in [1.54, 1.807) is 18.3 Å². The van der Waals surface area contributed by atoms with Gasteiger partial charge in [-0.25, -0.2) is 4.39 Å². The van der Waals surface area contributed by atoms with Crippen molar-refractivity contribution in [1.82, 2.24) is 25.3 Å². The van der Waals surface area contributed by atoms with Crippen molar-refractivity contribution in [3.63, 3.8) is 0 Å². The second kappa shape index (κ2) is 7.57. The molecule has 0 amide bonds. The number of nitrogens with zero attached hydrogens (tertiary/aromatic N) is 6. The summed E-state index contributed by atoms with van der Waals surface area (Å²) < 4.78 is 18.8. The molecule has 1 saturated heterocycles. The van der Waals surface area contributed by atoms with Crippen molar-refractivity contribution in [2.45, 2.75) is 13.0 Å². The van der Waals surface area contributed by atoms with E-state index in [-0.39, 0.29) is 5.82 Å². The van der Waals surface area contributed by atoms with Gasteiger partial charge in [0, 0.05) is 37.9 Å². The summed E-state index contributed by atoms with van der Waals surface area (Å²) in [7, 11) is 0. The molecule has 4 rings (SSSR count). The third-order valence-corrected chi connectivity index (χ3v) is 4.39. The normalized spacial score (nSPS) is 15.8. The Balaban J connectivity index is 1.38. The molecule has 3 aromatic rings. The number of benzene rings is 1. The highest BCUT2D eigenvalue weighted by atomic mass is 19.1. The van der Waals surface area contributed by atoms with E-state index in [1.165, 1.54) is 12.1 Å². The lowest BCUT2D eigenvalue weighted by Gasteiger charge is -2.21. The van der Waals surface area contributed by atoms with Crippen LogP contribution in [0.2, 0.25) is 0 Å². The van der Waals surface area contributed by atoms with E-state index in [4.69, 9.17) is 4.42 Å². The van der Waals surface area contributed by atoms with Crippen LogP contribution in [0, 0.1) is 5.82 Å². The molecule has 1 fully saturated rings. The molecule has 1 aromatic carbocycles. The molecule has 134 valence electrons. The third kappa shape index (κ3) is 3.85. The first-order chi connectivity index (χ1) is 12.8. The summed E-state index contributed by atoms with van der Waals surface area (Å²) in [4.78, 5) is 4.53. The van der Waals surface area contributed by atoms with E-state index in [9.17, 15) is 4.39 Å². The van der Waals surface area contributed by atoms with Crippen LogP contribution in [0.3, 0.4) is 0 Å². The fourth-order valence-electron chi connectivity index (χ4n) is 3.04. The highest BCUT2D eigenvalue weighted by Crippen LogP contribution is 2.19. The van der Waals surface area contributed by atoms with Crippen molar-refractivity contribution >= 4 is 5.82 Å². The molecule has 1 aliphatic rings. The molecule has 0 unspecified atom stereocenters. The van der Waals surface area contributed by atoms with Crippen LogP contribution in [0.25, 0.3) is 11.5 Å². The van der Waals surface area contributed by atoms with Crippen LogP contribution in [0.4, 0.5) is 10.2 Å². The minimum atomic E-state index is -0.286. The molecule has 3 heterocycles. The van der Waals surface area contributed by atoms with Gasteiger partial charge in [-0.3, -0.25) is 4.90 Å². The summed E-state index contributed by atoms with van der Waals surface area (Å²) in [6.07, 6.45) is 2.71. The van der Waals surface area contributed by atoms with Crippen molar-refractivity contribution in [2.75, 3.05) is 31.1 Å². The number of halogens is 1. The Bertz CT molecular complexity index is 838. The molecular formula is C18H19FN6O. The number of rotatable bonds is 4. The average molecular weight is 354 g/mol. The van der Waals surface area contributed by atoms with Crippen molar-refractivity contribution in [3.8, 4) is 11.5 Å². The Hall–Kier alpha value is -2.87. The van der Waals surface area contributed by atoms with Gasteiger partial charge in [-0.2, -0.15) is 5.10 Å². The molecule has 0 radical (unpaired) electrons. The van der Waals surface area contributed by atoms with Crippen LogP contribution in [-0.4, -0.2) is 51.5 Å².